The molecule has 12 heavy (non-hydrogen) atoms. The second kappa shape index (κ2) is 3.42. The van der Waals surface area contributed by atoms with Crippen LogP contribution >= 0.6 is 18.8 Å². The van der Waals surface area contributed by atoms with E-state index in [0.29, 0.717) is 0 Å². The van der Waals surface area contributed by atoms with Crippen LogP contribution in [0.4, 0.5) is 0 Å². The van der Waals surface area contributed by atoms with Crippen molar-refractivity contribution in [1.29, 1.82) is 0 Å². The molecule has 2 fully saturated rings. The van der Waals surface area contributed by atoms with Gasteiger partial charge >= 0.3 is 0 Å². The first-order chi connectivity index (χ1) is 5.72. The monoisotopic (exact) mass is 206 g/mol. The largest absolute Gasteiger partial charge is 0.256 e. The van der Waals surface area contributed by atoms with Crippen molar-refractivity contribution >= 4 is 18.8 Å². The van der Waals surface area contributed by atoms with Gasteiger partial charge in [0.25, 0.3) is 0 Å². The highest BCUT2D eigenvalue weighted by atomic mass is 35.7. The van der Waals surface area contributed by atoms with Crippen LogP contribution in [-0.4, -0.2) is 35.5 Å². The van der Waals surface area contributed by atoms with Gasteiger partial charge in [-0.15, -0.1) is 0 Å². The summed E-state index contributed by atoms with van der Waals surface area (Å²) >= 11 is 6.30. The van der Waals surface area contributed by atoms with Gasteiger partial charge < -0.3 is 0 Å². The molecule has 0 aromatic rings. The van der Waals surface area contributed by atoms with Gasteiger partial charge in [-0.05, 0) is 26.9 Å². The number of nitrogens with zero attached hydrogens (tertiary/aromatic N) is 2. The molecule has 2 atom stereocenters. The van der Waals surface area contributed by atoms with E-state index in [9.17, 15) is 0 Å². The molecule has 0 aromatic carbocycles. The molecule has 0 aromatic heterocycles. The Morgan fingerprint density at radius 2 is 1.50 bits per heavy atom. The number of halogens is 1. The van der Waals surface area contributed by atoms with E-state index in [4.69, 9.17) is 11.2 Å². The predicted octanol–water partition coefficient (Wildman–Crippen LogP) is 2.64. The first-order valence-electron chi connectivity index (χ1n) is 4.63. The Hall–Kier alpha value is 0.640. The van der Waals surface area contributed by atoms with Gasteiger partial charge in [-0.25, -0.2) is 0 Å². The zero-order valence-electron chi connectivity index (χ0n) is 7.70. The zero-order chi connectivity index (χ0) is 8.72. The molecule has 0 spiro atoms. The highest BCUT2D eigenvalue weighted by molar-refractivity contribution is 7.80. The van der Waals surface area contributed by atoms with E-state index >= 15 is 0 Å². The van der Waals surface area contributed by atoms with Crippen molar-refractivity contribution < 1.29 is 0 Å². The van der Waals surface area contributed by atoms with Crippen molar-refractivity contribution in [2.45, 2.75) is 37.8 Å². The minimum atomic E-state index is -0.499. The second-order valence-corrected chi connectivity index (χ2v) is 6.46. The molecular weight excluding hydrogens is 191 g/mol. The van der Waals surface area contributed by atoms with Gasteiger partial charge in [0.15, 0.2) is 0 Å². The van der Waals surface area contributed by atoms with E-state index in [-0.39, 0.29) is 0 Å². The quantitative estimate of drug-likeness (QED) is 0.563. The molecule has 0 radical (unpaired) electrons. The summed E-state index contributed by atoms with van der Waals surface area (Å²) in [6, 6.07) is 1.49. The Bertz CT molecular complexity index is 160. The first kappa shape index (κ1) is 9.21. The molecule has 2 aliphatic rings. The third kappa shape index (κ3) is 1.29. The summed E-state index contributed by atoms with van der Waals surface area (Å²) < 4.78 is 4.75. The van der Waals surface area contributed by atoms with Gasteiger partial charge in [0.1, 0.15) is 7.58 Å². The molecule has 1 aliphatic heterocycles. The van der Waals surface area contributed by atoms with Gasteiger partial charge in [0.2, 0.25) is 0 Å². The minimum absolute atomic E-state index is 0.499. The van der Waals surface area contributed by atoms with Crippen molar-refractivity contribution in [3.63, 3.8) is 0 Å². The molecule has 1 saturated carbocycles. The van der Waals surface area contributed by atoms with Crippen LogP contribution in [0.3, 0.4) is 0 Å². The van der Waals surface area contributed by atoms with E-state index in [1.165, 1.54) is 25.7 Å². The van der Waals surface area contributed by atoms with E-state index in [0.717, 1.165) is 12.1 Å². The molecule has 2 rings (SSSR count). The maximum atomic E-state index is 6.30. The fourth-order valence-corrected chi connectivity index (χ4v) is 4.58. The van der Waals surface area contributed by atoms with Crippen LogP contribution in [-0.2, 0) is 0 Å². The number of hydrogen-bond acceptors (Lipinski definition) is 2. The van der Waals surface area contributed by atoms with Gasteiger partial charge in [-0.1, -0.05) is 24.1 Å². The number of hydrogen-bond donors (Lipinski definition) is 0. The lowest BCUT2D eigenvalue weighted by atomic mass is 9.91. The van der Waals surface area contributed by atoms with Gasteiger partial charge in [-0.2, -0.15) is 0 Å². The molecule has 70 valence electrons. The van der Waals surface area contributed by atoms with Crippen LogP contribution in [0.2, 0.25) is 0 Å². The lowest BCUT2D eigenvalue weighted by molar-refractivity contribution is 0.233. The Kier molecular flexibility index (Phi) is 2.62. The maximum absolute atomic E-state index is 6.30. The van der Waals surface area contributed by atoms with Crippen LogP contribution in [0.15, 0.2) is 0 Å². The third-order valence-electron chi connectivity index (χ3n) is 3.17. The van der Waals surface area contributed by atoms with Crippen molar-refractivity contribution in [1.82, 2.24) is 9.34 Å². The SMILES string of the molecule is CN1[C@@H]2CCCC[C@H]2N(C)P1Cl. The molecule has 1 heterocycles. The molecule has 1 aliphatic carbocycles. The van der Waals surface area contributed by atoms with E-state index in [1.807, 2.05) is 0 Å². The Balaban J connectivity index is 2.14. The normalized spacial score (nSPS) is 40.2. The summed E-state index contributed by atoms with van der Waals surface area (Å²) in [5, 5.41) is 0. The third-order valence-corrected chi connectivity index (χ3v) is 6.24. The predicted molar refractivity (Wildman–Crippen MR) is 54.3 cm³/mol. The average Bonchev–Trinajstić information content (AvgIpc) is 2.33. The van der Waals surface area contributed by atoms with Crippen LogP contribution in [0.1, 0.15) is 25.7 Å². The second-order valence-electron chi connectivity index (χ2n) is 3.81. The lowest BCUT2D eigenvalue weighted by Crippen LogP contribution is -2.37. The zero-order valence-corrected chi connectivity index (χ0v) is 9.35. The molecule has 0 bridgehead atoms. The van der Waals surface area contributed by atoms with E-state index in [1.54, 1.807) is 0 Å². The summed E-state index contributed by atoms with van der Waals surface area (Å²) in [7, 11) is 3.84. The summed E-state index contributed by atoms with van der Waals surface area (Å²) in [5.41, 5.74) is 0. The Labute approximate surface area is 80.5 Å². The first-order valence-corrected chi connectivity index (χ1v) is 6.78. The van der Waals surface area contributed by atoms with E-state index in [2.05, 4.69) is 23.4 Å². The molecule has 0 N–H and O–H groups in total. The molecule has 4 heteroatoms. The highest BCUT2D eigenvalue weighted by Gasteiger charge is 2.43. The van der Waals surface area contributed by atoms with Gasteiger partial charge in [-0.3, -0.25) is 9.34 Å². The Morgan fingerprint density at radius 3 is 1.92 bits per heavy atom. The van der Waals surface area contributed by atoms with Gasteiger partial charge in [0.05, 0.1) is 0 Å². The standard InChI is InChI=1S/C8H16ClN2P/c1-10-7-5-3-4-6-8(7)11(2)12(10)9/h7-8H,3-6H2,1-2H3/t7-,8-/m1/s1. The fourth-order valence-electron chi connectivity index (χ4n) is 2.43. The number of likely N-dealkylation sites (N-methyl/N-ethyl adjacent to an activating group) is 2. The van der Waals surface area contributed by atoms with Gasteiger partial charge in [0, 0.05) is 12.1 Å². The summed E-state index contributed by atoms with van der Waals surface area (Å²) in [6.07, 6.45) is 5.47. The lowest BCUT2D eigenvalue weighted by Gasteiger charge is -2.29. The summed E-state index contributed by atoms with van der Waals surface area (Å²) in [5.74, 6) is 0. The fraction of sp³-hybridized carbons (Fsp3) is 1.00. The smallest absolute Gasteiger partial charge is 0.140 e. The van der Waals surface area contributed by atoms with Crippen LogP contribution in [0.5, 0.6) is 0 Å². The van der Waals surface area contributed by atoms with Crippen molar-refractivity contribution in [2.75, 3.05) is 14.1 Å². The summed E-state index contributed by atoms with van der Waals surface area (Å²) in [4.78, 5) is 0. The molecule has 2 nitrogen and oxygen atoms in total. The molecule has 0 amide bonds. The molecule has 0 unspecified atom stereocenters. The van der Waals surface area contributed by atoms with E-state index < -0.39 is 7.58 Å². The molecule has 1 saturated heterocycles. The summed E-state index contributed by atoms with van der Waals surface area (Å²) in [6.45, 7) is 0. The minimum Gasteiger partial charge on any atom is -0.256 e. The van der Waals surface area contributed by atoms with Crippen molar-refractivity contribution in [3.05, 3.63) is 0 Å². The molecular formula is C8H16ClN2P. The average molecular weight is 207 g/mol. The van der Waals surface area contributed by atoms with Crippen LogP contribution in [0.25, 0.3) is 0 Å². The Morgan fingerprint density at radius 1 is 1.08 bits per heavy atom. The van der Waals surface area contributed by atoms with Crippen molar-refractivity contribution in [2.24, 2.45) is 0 Å². The maximum Gasteiger partial charge on any atom is 0.140 e. The topological polar surface area (TPSA) is 6.48 Å². The van der Waals surface area contributed by atoms with Crippen LogP contribution < -0.4 is 0 Å². The van der Waals surface area contributed by atoms with Crippen LogP contribution in [0, 0.1) is 0 Å². The van der Waals surface area contributed by atoms with Crippen molar-refractivity contribution in [3.8, 4) is 0 Å². The number of rotatable bonds is 0. The highest BCUT2D eigenvalue weighted by Crippen LogP contribution is 2.58. The number of fused-ring (bicyclic) bond motifs is 1.